The number of thiophene rings is 1. The molecule has 0 N–H and O–H groups in total. The fourth-order valence-corrected chi connectivity index (χ4v) is 5.65. The lowest BCUT2D eigenvalue weighted by Gasteiger charge is -2.18. The standard InChI is InChI=1S/C25H26N4O3S2/c1-6-20(30)17(4)34-25-26-19(14-21-15(2)12-13-33-21)23(31)28(25)22-16(3)27(5)29(24(22)32)18-10-8-7-9-11-18/h7-14,17H,6H2,1-5H3/b19-14+. The van der Waals surface area contributed by atoms with Crippen LogP contribution >= 0.6 is 23.1 Å². The molecule has 0 saturated carbocycles. The normalized spacial score (nSPS) is 15.8. The molecule has 2 aromatic heterocycles. The summed E-state index contributed by atoms with van der Waals surface area (Å²) in [6.45, 7) is 7.38. The van der Waals surface area contributed by atoms with E-state index in [2.05, 4.69) is 4.99 Å². The topological polar surface area (TPSA) is 76.7 Å². The molecular weight excluding hydrogens is 468 g/mol. The van der Waals surface area contributed by atoms with Crippen molar-refractivity contribution in [3.05, 3.63) is 74.0 Å². The number of aliphatic imine (C=N–C) groups is 1. The molecule has 0 spiro atoms. The van der Waals surface area contributed by atoms with Gasteiger partial charge in [-0.25, -0.2) is 14.6 Å². The van der Waals surface area contributed by atoms with Gasteiger partial charge in [0.15, 0.2) is 5.17 Å². The molecule has 0 radical (unpaired) electrons. The van der Waals surface area contributed by atoms with E-state index in [0.717, 1.165) is 10.4 Å². The molecule has 1 aliphatic heterocycles. The van der Waals surface area contributed by atoms with Crippen LogP contribution in [0.3, 0.4) is 0 Å². The zero-order valence-electron chi connectivity index (χ0n) is 19.7. The number of aromatic nitrogens is 2. The molecule has 4 rings (SSSR count). The van der Waals surface area contributed by atoms with E-state index >= 15 is 0 Å². The molecule has 1 amide bonds. The number of carbonyl (C=O) groups is 2. The third-order valence-corrected chi connectivity index (χ3v) is 7.90. The summed E-state index contributed by atoms with van der Waals surface area (Å²) < 4.78 is 3.26. The lowest BCUT2D eigenvalue weighted by Crippen LogP contribution is -2.36. The molecule has 7 nitrogen and oxygen atoms in total. The van der Waals surface area contributed by atoms with Crippen LogP contribution in [0.2, 0.25) is 0 Å². The Morgan fingerprint density at radius 3 is 2.50 bits per heavy atom. The Bertz CT molecular complexity index is 1380. The van der Waals surface area contributed by atoms with E-state index in [1.165, 1.54) is 32.7 Å². The third kappa shape index (κ3) is 4.21. The number of para-hydroxylation sites is 1. The number of thioether (sulfide) groups is 1. The van der Waals surface area contributed by atoms with Gasteiger partial charge < -0.3 is 0 Å². The highest BCUT2D eigenvalue weighted by Gasteiger charge is 2.38. The highest BCUT2D eigenvalue weighted by atomic mass is 32.2. The lowest BCUT2D eigenvalue weighted by atomic mass is 10.2. The Labute approximate surface area is 206 Å². The van der Waals surface area contributed by atoms with Crippen LogP contribution in [0.25, 0.3) is 11.8 Å². The molecular formula is C25H26N4O3S2. The summed E-state index contributed by atoms with van der Waals surface area (Å²) in [4.78, 5) is 46.5. The molecule has 3 heterocycles. The van der Waals surface area contributed by atoms with Crippen molar-refractivity contribution in [3.63, 3.8) is 0 Å². The van der Waals surface area contributed by atoms with E-state index < -0.39 is 5.25 Å². The minimum absolute atomic E-state index is 0.0538. The summed E-state index contributed by atoms with van der Waals surface area (Å²) >= 11 is 2.73. The summed E-state index contributed by atoms with van der Waals surface area (Å²) in [5.74, 6) is -0.324. The fourth-order valence-electron chi connectivity index (χ4n) is 3.75. The first-order valence-electron chi connectivity index (χ1n) is 11.0. The van der Waals surface area contributed by atoms with Crippen LogP contribution in [-0.2, 0) is 16.6 Å². The number of hydrogen-bond donors (Lipinski definition) is 0. The Morgan fingerprint density at radius 1 is 1.18 bits per heavy atom. The van der Waals surface area contributed by atoms with Gasteiger partial charge in [-0.05, 0) is 56.0 Å². The van der Waals surface area contributed by atoms with Crippen LogP contribution in [0, 0.1) is 13.8 Å². The van der Waals surface area contributed by atoms with Crippen molar-refractivity contribution in [3.8, 4) is 5.69 Å². The molecule has 34 heavy (non-hydrogen) atoms. The van der Waals surface area contributed by atoms with E-state index in [0.29, 0.717) is 23.0 Å². The maximum atomic E-state index is 13.6. The largest absolute Gasteiger partial charge is 0.298 e. The zero-order chi connectivity index (χ0) is 24.6. The van der Waals surface area contributed by atoms with Crippen molar-refractivity contribution in [1.82, 2.24) is 9.36 Å². The van der Waals surface area contributed by atoms with Gasteiger partial charge in [-0.1, -0.05) is 36.9 Å². The maximum Gasteiger partial charge on any atom is 0.296 e. The number of benzene rings is 1. The summed E-state index contributed by atoms with van der Waals surface area (Å²) in [5, 5.41) is 1.90. The van der Waals surface area contributed by atoms with Gasteiger partial charge in [0.1, 0.15) is 17.2 Å². The summed E-state index contributed by atoms with van der Waals surface area (Å²) in [6, 6.07) is 11.3. The molecule has 9 heteroatoms. The van der Waals surface area contributed by atoms with Crippen molar-refractivity contribution >= 4 is 51.7 Å². The number of aryl methyl sites for hydroxylation is 1. The van der Waals surface area contributed by atoms with Crippen molar-refractivity contribution in [2.45, 2.75) is 39.4 Å². The van der Waals surface area contributed by atoms with Gasteiger partial charge in [-0.15, -0.1) is 11.3 Å². The fraction of sp³-hybridized carbons (Fsp3) is 0.280. The number of carbonyl (C=O) groups excluding carboxylic acids is 2. The van der Waals surface area contributed by atoms with Crippen LogP contribution in [0.4, 0.5) is 5.69 Å². The predicted octanol–water partition coefficient (Wildman–Crippen LogP) is 4.70. The second kappa shape index (κ2) is 9.60. The van der Waals surface area contributed by atoms with Crippen LogP contribution in [0.5, 0.6) is 0 Å². The Balaban J connectivity index is 1.85. The summed E-state index contributed by atoms with van der Waals surface area (Å²) in [7, 11) is 1.78. The first-order chi connectivity index (χ1) is 16.2. The average molecular weight is 495 g/mol. The van der Waals surface area contributed by atoms with Crippen molar-refractivity contribution in [2.24, 2.45) is 12.0 Å². The van der Waals surface area contributed by atoms with E-state index in [1.807, 2.05) is 55.6 Å². The predicted molar refractivity (Wildman–Crippen MR) is 140 cm³/mol. The molecule has 3 aromatic rings. The average Bonchev–Trinajstić information content (AvgIpc) is 3.43. The van der Waals surface area contributed by atoms with Crippen LogP contribution < -0.4 is 10.5 Å². The van der Waals surface area contributed by atoms with Gasteiger partial charge in [0.05, 0.1) is 16.6 Å². The second-order valence-electron chi connectivity index (χ2n) is 8.02. The highest BCUT2D eigenvalue weighted by molar-refractivity contribution is 8.15. The number of anilines is 1. The molecule has 1 atom stereocenters. The van der Waals surface area contributed by atoms with Gasteiger partial charge in [-0.3, -0.25) is 19.1 Å². The van der Waals surface area contributed by atoms with Gasteiger partial charge in [0.25, 0.3) is 11.5 Å². The summed E-state index contributed by atoms with van der Waals surface area (Å²) in [5.41, 5.74) is 2.53. The lowest BCUT2D eigenvalue weighted by molar-refractivity contribution is -0.118. The smallest absolute Gasteiger partial charge is 0.296 e. The Hall–Kier alpha value is -3.17. The minimum atomic E-state index is -0.401. The molecule has 1 aliphatic rings. The minimum Gasteiger partial charge on any atom is -0.298 e. The molecule has 1 unspecified atom stereocenters. The monoisotopic (exact) mass is 494 g/mol. The molecule has 0 bridgehead atoms. The second-order valence-corrected chi connectivity index (χ2v) is 10.3. The number of amides is 1. The maximum absolute atomic E-state index is 13.6. The van der Waals surface area contributed by atoms with Crippen LogP contribution in [0.1, 0.15) is 36.4 Å². The Morgan fingerprint density at radius 2 is 1.88 bits per heavy atom. The van der Waals surface area contributed by atoms with E-state index in [-0.39, 0.29) is 28.6 Å². The third-order valence-electron chi connectivity index (χ3n) is 5.83. The SMILES string of the molecule is CCC(=O)C(C)SC1=N/C(=C/c2sccc2C)C(=O)N1c1c(C)n(C)n(-c2ccccc2)c1=O. The van der Waals surface area contributed by atoms with Crippen molar-refractivity contribution in [2.75, 3.05) is 4.90 Å². The van der Waals surface area contributed by atoms with Crippen LogP contribution in [0.15, 0.2) is 57.3 Å². The number of ketones is 1. The number of nitrogens with zero attached hydrogens (tertiary/aromatic N) is 4. The van der Waals surface area contributed by atoms with E-state index in [4.69, 9.17) is 0 Å². The van der Waals surface area contributed by atoms with Crippen molar-refractivity contribution in [1.29, 1.82) is 0 Å². The van der Waals surface area contributed by atoms with Gasteiger partial charge in [0, 0.05) is 18.3 Å². The molecule has 0 fully saturated rings. The molecule has 0 saturated heterocycles. The highest BCUT2D eigenvalue weighted by Crippen LogP contribution is 2.33. The summed E-state index contributed by atoms with van der Waals surface area (Å²) in [6.07, 6.45) is 2.14. The molecule has 1 aromatic carbocycles. The first-order valence-corrected chi connectivity index (χ1v) is 12.7. The number of Topliss-reactive ketones (excluding diaryl/α,β-unsaturated/α-hetero) is 1. The number of amidine groups is 1. The van der Waals surface area contributed by atoms with E-state index in [9.17, 15) is 14.4 Å². The quantitative estimate of drug-likeness (QED) is 0.466. The molecule has 0 aliphatic carbocycles. The van der Waals surface area contributed by atoms with Crippen molar-refractivity contribution < 1.29 is 9.59 Å². The van der Waals surface area contributed by atoms with Gasteiger partial charge in [-0.2, -0.15) is 0 Å². The molecule has 176 valence electrons. The first kappa shape index (κ1) is 24.0. The van der Waals surface area contributed by atoms with Crippen LogP contribution in [-0.4, -0.2) is 31.5 Å². The zero-order valence-corrected chi connectivity index (χ0v) is 21.4. The van der Waals surface area contributed by atoms with Gasteiger partial charge >= 0.3 is 0 Å². The number of hydrogen-bond acceptors (Lipinski definition) is 6. The number of rotatable bonds is 6. The Kier molecular flexibility index (Phi) is 6.77. The van der Waals surface area contributed by atoms with Gasteiger partial charge in [0.2, 0.25) is 0 Å². The van der Waals surface area contributed by atoms with E-state index in [1.54, 1.807) is 31.7 Å².